The van der Waals surface area contributed by atoms with Gasteiger partial charge in [0.05, 0.1) is 0 Å². The first-order valence-electron chi connectivity index (χ1n) is 5.43. The molecule has 1 saturated heterocycles. The van der Waals surface area contributed by atoms with Gasteiger partial charge in [-0.2, -0.15) is 0 Å². The van der Waals surface area contributed by atoms with Crippen LogP contribution in [0, 0.1) is 5.92 Å². The SMILES string of the molecule is C=C/C=C(\C=C)C(=O)N1CCC(C)CC1. The summed E-state index contributed by atoms with van der Waals surface area (Å²) < 4.78 is 0. The van der Waals surface area contributed by atoms with Gasteiger partial charge in [-0.3, -0.25) is 4.79 Å². The minimum atomic E-state index is 0.0804. The zero-order chi connectivity index (χ0) is 11.3. The first-order valence-corrected chi connectivity index (χ1v) is 5.43. The molecular formula is C13H19NO. The van der Waals surface area contributed by atoms with Crippen LogP contribution in [0.4, 0.5) is 0 Å². The number of carbonyl (C=O) groups is 1. The van der Waals surface area contributed by atoms with Crippen LogP contribution in [0.15, 0.2) is 37.0 Å². The zero-order valence-electron chi connectivity index (χ0n) is 9.41. The highest BCUT2D eigenvalue weighted by molar-refractivity contribution is 5.96. The normalized spacial score (nSPS) is 18.7. The molecule has 1 amide bonds. The van der Waals surface area contributed by atoms with Gasteiger partial charge in [0.25, 0.3) is 5.91 Å². The Morgan fingerprint density at radius 2 is 1.93 bits per heavy atom. The molecule has 0 atom stereocenters. The summed E-state index contributed by atoms with van der Waals surface area (Å²) in [6.45, 7) is 11.2. The lowest BCUT2D eigenvalue weighted by molar-refractivity contribution is -0.128. The predicted molar refractivity (Wildman–Crippen MR) is 63.5 cm³/mol. The summed E-state index contributed by atoms with van der Waals surface area (Å²) in [5, 5.41) is 0. The van der Waals surface area contributed by atoms with Crippen LogP contribution >= 0.6 is 0 Å². The van der Waals surface area contributed by atoms with E-state index >= 15 is 0 Å². The molecule has 82 valence electrons. The average Bonchev–Trinajstić information content (AvgIpc) is 2.26. The summed E-state index contributed by atoms with van der Waals surface area (Å²) in [4.78, 5) is 13.9. The fraction of sp³-hybridized carbons (Fsp3) is 0.462. The number of hydrogen-bond acceptors (Lipinski definition) is 1. The van der Waals surface area contributed by atoms with Gasteiger partial charge in [-0.15, -0.1) is 0 Å². The number of hydrogen-bond donors (Lipinski definition) is 0. The van der Waals surface area contributed by atoms with E-state index in [0.717, 1.165) is 31.8 Å². The van der Waals surface area contributed by atoms with Crippen LogP contribution in [0.25, 0.3) is 0 Å². The molecule has 1 aliphatic heterocycles. The molecule has 0 aromatic carbocycles. The van der Waals surface area contributed by atoms with E-state index in [0.29, 0.717) is 5.57 Å². The molecule has 2 heteroatoms. The number of carbonyl (C=O) groups excluding carboxylic acids is 1. The summed E-state index contributed by atoms with van der Waals surface area (Å²) in [6, 6.07) is 0. The summed E-state index contributed by atoms with van der Waals surface area (Å²) in [5.74, 6) is 0.821. The van der Waals surface area contributed by atoms with Crippen LogP contribution in [0.2, 0.25) is 0 Å². The van der Waals surface area contributed by atoms with Crippen molar-refractivity contribution < 1.29 is 4.79 Å². The minimum Gasteiger partial charge on any atom is -0.339 e. The molecule has 0 unspecified atom stereocenters. The maximum Gasteiger partial charge on any atom is 0.253 e. The van der Waals surface area contributed by atoms with Gasteiger partial charge in [0.2, 0.25) is 0 Å². The second-order valence-corrected chi connectivity index (χ2v) is 4.04. The predicted octanol–water partition coefficient (Wildman–Crippen LogP) is 2.54. The maximum atomic E-state index is 12.0. The van der Waals surface area contributed by atoms with Crippen molar-refractivity contribution in [2.24, 2.45) is 5.92 Å². The third-order valence-corrected chi connectivity index (χ3v) is 2.84. The molecule has 0 N–H and O–H groups in total. The molecule has 0 radical (unpaired) electrons. The molecule has 0 saturated carbocycles. The number of likely N-dealkylation sites (tertiary alicyclic amines) is 1. The van der Waals surface area contributed by atoms with E-state index in [4.69, 9.17) is 0 Å². The second kappa shape index (κ2) is 5.54. The summed E-state index contributed by atoms with van der Waals surface area (Å²) >= 11 is 0. The van der Waals surface area contributed by atoms with Gasteiger partial charge >= 0.3 is 0 Å². The van der Waals surface area contributed by atoms with E-state index in [1.165, 1.54) is 0 Å². The molecule has 0 aromatic rings. The molecular weight excluding hydrogens is 186 g/mol. The molecule has 0 aromatic heterocycles. The molecule has 1 fully saturated rings. The molecule has 0 bridgehead atoms. The first-order chi connectivity index (χ1) is 7.19. The van der Waals surface area contributed by atoms with E-state index in [2.05, 4.69) is 20.1 Å². The Hall–Kier alpha value is -1.31. The standard InChI is InChI=1S/C13H19NO/c1-4-6-12(5-2)13(15)14-9-7-11(3)8-10-14/h4-6,11H,1-2,7-10H2,3H3/b12-6+. The lowest BCUT2D eigenvalue weighted by Crippen LogP contribution is -2.38. The van der Waals surface area contributed by atoms with Crippen molar-refractivity contribution in [2.75, 3.05) is 13.1 Å². The quantitative estimate of drug-likeness (QED) is 0.512. The van der Waals surface area contributed by atoms with Crippen molar-refractivity contribution >= 4 is 5.91 Å². The molecule has 1 rings (SSSR count). The molecule has 1 heterocycles. The summed E-state index contributed by atoms with van der Waals surface area (Å²) in [6.07, 6.45) is 7.14. The zero-order valence-corrected chi connectivity index (χ0v) is 9.41. The Morgan fingerprint density at radius 3 is 2.40 bits per heavy atom. The van der Waals surface area contributed by atoms with Gasteiger partial charge in [-0.05, 0) is 18.8 Å². The van der Waals surface area contributed by atoms with Gasteiger partial charge in [-0.25, -0.2) is 0 Å². The lowest BCUT2D eigenvalue weighted by Gasteiger charge is -2.30. The Kier molecular flexibility index (Phi) is 4.35. The highest BCUT2D eigenvalue weighted by Gasteiger charge is 2.21. The highest BCUT2D eigenvalue weighted by atomic mass is 16.2. The molecule has 2 nitrogen and oxygen atoms in total. The van der Waals surface area contributed by atoms with Gasteiger partial charge in [-0.1, -0.05) is 38.3 Å². The number of amides is 1. The van der Waals surface area contributed by atoms with Gasteiger partial charge < -0.3 is 4.90 Å². The number of piperidine rings is 1. The largest absolute Gasteiger partial charge is 0.339 e. The van der Waals surface area contributed by atoms with Crippen LogP contribution in [0.3, 0.4) is 0 Å². The van der Waals surface area contributed by atoms with Crippen molar-refractivity contribution in [2.45, 2.75) is 19.8 Å². The van der Waals surface area contributed by atoms with Gasteiger partial charge in [0, 0.05) is 18.7 Å². The fourth-order valence-corrected chi connectivity index (χ4v) is 1.75. The van der Waals surface area contributed by atoms with E-state index in [1.807, 2.05) is 4.90 Å². The monoisotopic (exact) mass is 205 g/mol. The van der Waals surface area contributed by atoms with Crippen molar-refractivity contribution in [1.82, 2.24) is 4.90 Å². The summed E-state index contributed by atoms with van der Waals surface area (Å²) in [5.41, 5.74) is 0.638. The number of nitrogens with zero attached hydrogens (tertiary/aromatic N) is 1. The van der Waals surface area contributed by atoms with Gasteiger partial charge in [0.15, 0.2) is 0 Å². The Bertz CT molecular complexity index is 283. The van der Waals surface area contributed by atoms with Crippen LogP contribution in [0.1, 0.15) is 19.8 Å². The minimum absolute atomic E-state index is 0.0804. The van der Waals surface area contributed by atoms with Crippen LogP contribution in [0.5, 0.6) is 0 Å². The Morgan fingerprint density at radius 1 is 1.33 bits per heavy atom. The van der Waals surface area contributed by atoms with Crippen molar-refractivity contribution in [1.29, 1.82) is 0 Å². The smallest absolute Gasteiger partial charge is 0.253 e. The average molecular weight is 205 g/mol. The van der Waals surface area contributed by atoms with E-state index in [-0.39, 0.29) is 5.91 Å². The fourth-order valence-electron chi connectivity index (χ4n) is 1.75. The second-order valence-electron chi connectivity index (χ2n) is 4.04. The molecule has 15 heavy (non-hydrogen) atoms. The van der Waals surface area contributed by atoms with E-state index < -0.39 is 0 Å². The first kappa shape index (κ1) is 11.8. The Balaban J connectivity index is 2.63. The maximum absolute atomic E-state index is 12.0. The number of rotatable bonds is 3. The molecule has 0 aliphatic carbocycles. The van der Waals surface area contributed by atoms with Crippen molar-refractivity contribution in [3.8, 4) is 0 Å². The highest BCUT2D eigenvalue weighted by Crippen LogP contribution is 2.17. The van der Waals surface area contributed by atoms with Crippen LogP contribution in [-0.4, -0.2) is 23.9 Å². The summed E-state index contributed by atoms with van der Waals surface area (Å²) in [7, 11) is 0. The van der Waals surface area contributed by atoms with E-state index in [9.17, 15) is 4.79 Å². The molecule has 0 spiro atoms. The van der Waals surface area contributed by atoms with Crippen LogP contribution < -0.4 is 0 Å². The Labute approximate surface area is 92.0 Å². The van der Waals surface area contributed by atoms with E-state index in [1.54, 1.807) is 18.2 Å². The third-order valence-electron chi connectivity index (χ3n) is 2.84. The topological polar surface area (TPSA) is 20.3 Å². The van der Waals surface area contributed by atoms with Crippen molar-refractivity contribution in [3.05, 3.63) is 37.0 Å². The van der Waals surface area contributed by atoms with Crippen molar-refractivity contribution in [3.63, 3.8) is 0 Å². The lowest BCUT2D eigenvalue weighted by atomic mass is 9.98. The number of allylic oxidation sites excluding steroid dienone is 2. The third kappa shape index (κ3) is 3.08. The van der Waals surface area contributed by atoms with Gasteiger partial charge in [0.1, 0.15) is 0 Å². The molecule has 1 aliphatic rings. The van der Waals surface area contributed by atoms with Crippen LogP contribution in [-0.2, 0) is 4.79 Å².